The highest BCUT2D eigenvalue weighted by Gasteiger charge is 2.37. The summed E-state index contributed by atoms with van der Waals surface area (Å²) in [6.45, 7) is 6.88. The molecule has 204 valence electrons. The first-order valence-electron chi connectivity index (χ1n) is 14.4. The van der Waals surface area contributed by atoms with E-state index in [1.165, 1.54) is 21.5 Å². The van der Waals surface area contributed by atoms with Crippen molar-refractivity contribution in [3.63, 3.8) is 0 Å². The molecule has 1 aliphatic heterocycles. The fourth-order valence-electron chi connectivity index (χ4n) is 6.96. The van der Waals surface area contributed by atoms with Crippen molar-refractivity contribution in [1.82, 2.24) is 4.57 Å². The van der Waals surface area contributed by atoms with Gasteiger partial charge in [0.05, 0.1) is 12.6 Å². The number of halogens is 1. The van der Waals surface area contributed by atoms with Crippen LogP contribution < -0.4 is 14.9 Å². The highest BCUT2D eigenvalue weighted by Crippen LogP contribution is 2.42. The molecular formula is C37H30FN2OSi+. The van der Waals surface area contributed by atoms with Gasteiger partial charge in [-0.25, -0.2) is 8.96 Å². The summed E-state index contributed by atoms with van der Waals surface area (Å²) in [6, 6.07) is 33.2. The maximum atomic E-state index is 15.9. The van der Waals surface area contributed by atoms with Gasteiger partial charge in [-0.15, -0.1) is 0 Å². The third-order valence-electron chi connectivity index (χ3n) is 9.10. The fourth-order valence-corrected chi connectivity index (χ4v) is 10.1. The lowest BCUT2D eigenvalue weighted by atomic mass is 9.97. The predicted molar refractivity (Wildman–Crippen MR) is 172 cm³/mol. The van der Waals surface area contributed by atoms with E-state index in [0.717, 1.165) is 44.6 Å². The van der Waals surface area contributed by atoms with E-state index >= 15 is 4.39 Å². The van der Waals surface area contributed by atoms with E-state index in [9.17, 15) is 0 Å². The Bertz CT molecular complexity index is 2210. The highest BCUT2D eigenvalue weighted by atomic mass is 28.3. The Morgan fingerprint density at radius 1 is 0.738 bits per heavy atom. The van der Waals surface area contributed by atoms with Gasteiger partial charge in [0, 0.05) is 10.8 Å². The number of benzene rings is 5. The summed E-state index contributed by atoms with van der Waals surface area (Å²) < 4.78 is 27.0. The molecule has 0 radical (unpaired) electrons. The Morgan fingerprint density at radius 3 is 2.24 bits per heavy atom. The number of furan rings is 1. The molecule has 3 heterocycles. The molecule has 42 heavy (non-hydrogen) atoms. The first kappa shape index (κ1) is 25.0. The maximum Gasteiger partial charge on any atom is 0.297 e. The van der Waals surface area contributed by atoms with Crippen LogP contribution in [0.5, 0.6) is 0 Å². The fraction of sp³-hybridized carbons (Fsp3) is 0.108. The average Bonchev–Trinajstić information content (AvgIpc) is 3.63. The molecule has 0 bridgehead atoms. The molecule has 8 rings (SSSR count). The molecular weight excluding hydrogens is 536 g/mol. The van der Waals surface area contributed by atoms with Gasteiger partial charge in [-0.1, -0.05) is 85.9 Å². The van der Waals surface area contributed by atoms with Crippen LogP contribution in [0.1, 0.15) is 5.56 Å². The molecule has 7 aromatic rings. The number of rotatable bonds is 3. The molecule has 3 nitrogen and oxygen atoms in total. The van der Waals surface area contributed by atoms with Crippen molar-refractivity contribution in [2.24, 2.45) is 7.05 Å². The second kappa shape index (κ2) is 8.88. The average molecular weight is 566 g/mol. The molecule has 0 saturated carbocycles. The van der Waals surface area contributed by atoms with Crippen molar-refractivity contribution in [3.05, 3.63) is 121 Å². The third-order valence-corrected chi connectivity index (χ3v) is 12.6. The van der Waals surface area contributed by atoms with Gasteiger partial charge in [-0.05, 0) is 63.8 Å². The van der Waals surface area contributed by atoms with Crippen LogP contribution in [0.25, 0.3) is 61.3 Å². The summed E-state index contributed by atoms with van der Waals surface area (Å²) in [7, 11) is 0.132. The number of aryl methyl sites for hydroxylation is 2. The molecule has 1 aliphatic rings. The Labute approximate surface area is 245 Å². The summed E-state index contributed by atoms with van der Waals surface area (Å²) in [6.07, 6.45) is 4.13. The largest absolute Gasteiger partial charge is 0.454 e. The van der Waals surface area contributed by atoms with Gasteiger partial charge in [0.15, 0.2) is 5.58 Å². The number of imidazole rings is 1. The first-order chi connectivity index (χ1) is 20.3. The van der Waals surface area contributed by atoms with E-state index in [0.29, 0.717) is 11.1 Å². The minimum absolute atomic E-state index is 0.270. The van der Waals surface area contributed by atoms with Crippen molar-refractivity contribution < 1.29 is 13.4 Å². The molecule has 0 spiro atoms. The van der Waals surface area contributed by atoms with Gasteiger partial charge in [-0.3, -0.25) is 0 Å². The van der Waals surface area contributed by atoms with Crippen LogP contribution >= 0.6 is 0 Å². The molecule has 0 N–H and O–H groups in total. The maximum absolute atomic E-state index is 15.9. The molecule has 0 amide bonds. The number of aromatic nitrogens is 2. The SMILES string of the molecule is Cc1ccc2c(oc3c(-c4ccc5c(c4)[Si](C)(C)c4ccccc4-5)c(F)ccc32)c1-c1n(-c2ccccc2)cc[n+]1C. The Morgan fingerprint density at radius 2 is 1.43 bits per heavy atom. The number of hydrogen-bond acceptors (Lipinski definition) is 1. The van der Waals surface area contributed by atoms with Crippen molar-refractivity contribution >= 4 is 40.4 Å². The van der Waals surface area contributed by atoms with Gasteiger partial charge in [0.2, 0.25) is 0 Å². The van der Waals surface area contributed by atoms with Crippen LogP contribution in [0, 0.1) is 12.7 Å². The monoisotopic (exact) mass is 565 g/mol. The Balaban J connectivity index is 1.38. The van der Waals surface area contributed by atoms with Gasteiger partial charge in [0.25, 0.3) is 5.82 Å². The lowest BCUT2D eigenvalue weighted by molar-refractivity contribution is -0.659. The minimum atomic E-state index is -1.92. The normalized spacial score (nSPS) is 13.5. The van der Waals surface area contributed by atoms with E-state index in [-0.39, 0.29) is 5.82 Å². The smallest absolute Gasteiger partial charge is 0.297 e. The van der Waals surface area contributed by atoms with E-state index in [1.807, 2.05) is 24.3 Å². The second-order valence-electron chi connectivity index (χ2n) is 11.9. The molecule has 0 atom stereocenters. The van der Waals surface area contributed by atoms with Crippen LogP contribution in [0.2, 0.25) is 13.1 Å². The van der Waals surface area contributed by atoms with Gasteiger partial charge in [0.1, 0.15) is 43.1 Å². The van der Waals surface area contributed by atoms with E-state index in [1.54, 1.807) is 6.07 Å². The minimum Gasteiger partial charge on any atom is -0.454 e. The zero-order valence-corrected chi connectivity index (χ0v) is 25.1. The third kappa shape index (κ3) is 3.40. The Kier molecular flexibility index (Phi) is 5.28. The van der Waals surface area contributed by atoms with Crippen LogP contribution in [-0.2, 0) is 7.05 Å². The van der Waals surface area contributed by atoms with E-state index < -0.39 is 8.07 Å². The van der Waals surface area contributed by atoms with Crippen molar-refractivity contribution in [1.29, 1.82) is 0 Å². The number of hydrogen-bond donors (Lipinski definition) is 0. The van der Waals surface area contributed by atoms with Crippen LogP contribution in [0.3, 0.4) is 0 Å². The molecule has 0 unspecified atom stereocenters. The summed E-state index contributed by atoms with van der Waals surface area (Å²) >= 11 is 0. The van der Waals surface area contributed by atoms with Crippen molar-refractivity contribution in [3.8, 4) is 39.3 Å². The Hall–Kier alpha value is -4.74. The lowest BCUT2D eigenvalue weighted by Gasteiger charge is -2.19. The molecule has 5 aromatic carbocycles. The van der Waals surface area contributed by atoms with Crippen molar-refractivity contribution in [2.45, 2.75) is 20.0 Å². The lowest BCUT2D eigenvalue weighted by Crippen LogP contribution is -2.49. The van der Waals surface area contributed by atoms with Gasteiger partial charge < -0.3 is 4.42 Å². The molecule has 2 aromatic heterocycles. The standard InChI is InChI=1S/C37H30FN2OSi/c1-23-14-16-28-29-18-19-30(38)34(24-15-17-27-26-12-8-9-13-31(26)42(3,4)32(27)22-24)36(29)41-35(28)33(23)37-39(2)20-21-40(37)25-10-6-5-7-11-25/h5-22H,1-4H3/q+1. The molecule has 5 heteroatoms. The van der Waals surface area contributed by atoms with E-state index in [4.69, 9.17) is 4.42 Å². The summed E-state index contributed by atoms with van der Waals surface area (Å²) in [4.78, 5) is 0. The predicted octanol–water partition coefficient (Wildman–Crippen LogP) is 7.79. The number of nitrogens with zero attached hydrogens (tertiary/aromatic N) is 2. The molecule has 0 aliphatic carbocycles. The summed E-state index contributed by atoms with van der Waals surface area (Å²) in [5, 5.41) is 4.69. The van der Waals surface area contributed by atoms with Crippen LogP contribution in [0.15, 0.2) is 114 Å². The van der Waals surface area contributed by atoms with Crippen LogP contribution in [0.4, 0.5) is 4.39 Å². The zero-order valence-electron chi connectivity index (χ0n) is 24.1. The van der Waals surface area contributed by atoms with Crippen molar-refractivity contribution in [2.75, 3.05) is 0 Å². The first-order valence-corrected chi connectivity index (χ1v) is 17.4. The zero-order chi connectivity index (χ0) is 28.7. The van der Waals surface area contributed by atoms with Gasteiger partial charge >= 0.3 is 0 Å². The molecule has 0 saturated heterocycles. The topological polar surface area (TPSA) is 21.9 Å². The second-order valence-corrected chi connectivity index (χ2v) is 16.2. The summed E-state index contributed by atoms with van der Waals surface area (Å²) in [5.74, 6) is 0.737. The molecule has 0 fully saturated rings. The number of para-hydroxylation sites is 1. The number of fused-ring (bicyclic) bond motifs is 6. The van der Waals surface area contributed by atoms with Gasteiger partial charge in [-0.2, -0.15) is 4.57 Å². The highest BCUT2D eigenvalue weighted by molar-refractivity contribution is 7.03. The summed E-state index contributed by atoms with van der Waals surface area (Å²) in [5.41, 5.74) is 8.50. The van der Waals surface area contributed by atoms with Crippen LogP contribution in [-0.4, -0.2) is 12.6 Å². The quantitative estimate of drug-likeness (QED) is 0.158. The van der Waals surface area contributed by atoms with E-state index in [2.05, 4.69) is 115 Å².